The zero-order valence-electron chi connectivity index (χ0n) is 8.52. The molecule has 84 valence electrons. The second kappa shape index (κ2) is 6.47. The molecule has 0 aliphatic heterocycles. The Hall–Kier alpha value is -1.01. The van der Waals surface area contributed by atoms with Crippen LogP contribution >= 0.6 is 11.8 Å². The van der Waals surface area contributed by atoms with Gasteiger partial charge in [0.1, 0.15) is 0 Å². The summed E-state index contributed by atoms with van der Waals surface area (Å²) in [5.41, 5.74) is 0.734. The molecule has 0 aromatic carbocycles. The summed E-state index contributed by atoms with van der Waals surface area (Å²) in [4.78, 5) is 11.3. The monoisotopic (exact) mass is 230 g/mol. The number of aliphatic hydroxyl groups excluding tert-OH is 1. The fourth-order valence-corrected chi connectivity index (χ4v) is 1.66. The van der Waals surface area contributed by atoms with Crippen LogP contribution < -0.4 is 5.32 Å². The molecule has 1 rings (SSSR count). The number of amides is 1. The van der Waals surface area contributed by atoms with Crippen LogP contribution in [0, 0.1) is 6.92 Å². The van der Waals surface area contributed by atoms with Gasteiger partial charge in [-0.25, -0.2) is 0 Å². The topological polar surface area (TPSA) is 75.4 Å². The first-order valence-electron chi connectivity index (χ1n) is 4.64. The van der Waals surface area contributed by atoms with E-state index in [0.29, 0.717) is 18.1 Å². The Labute approximate surface area is 92.2 Å². The third-order valence-corrected chi connectivity index (χ3v) is 2.61. The first-order valence-corrected chi connectivity index (χ1v) is 5.79. The molecule has 0 aliphatic carbocycles. The number of hydrogen-bond donors (Lipinski definition) is 2. The van der Waals surface area contributed by atoms with Gasteiger partial charge in [-0.1, -0.05) is 5.16 Å². The van der Waals surface area contributed by atoms with Gasteiger partial charge in [0.15, 0.2) is 0 Å². The molecule has 15 heavy (non-hydrogen) atoms. The van der Waals surface area contributed by atoms with Crippen LogP contribution in [0.3, 0.4) is 0 Å². The van der Waals surface area contributed by atoms with Crippen molar-refractivity contribution < 1.29 is 14.4 Å². The van der Waals surface area contributed by atoms with Crippen LogP contribution in [0.25, 0.3) is 0 Å². The molecule has 0 saturated carbocycles. The lowest BCUT2D eigenvalue weighted by Crippen LogP contribution is -2.13. The van der Waals surface area contributed by atoms with Gasteiger partial charge in [0.2, 0.25) is 11.8 Å². The Morgan fingerprint density at radius 2 is 2.53 bits per heavy atom. The molecule has 0 aliphatic rings. The SMILES string of the molecule is Cc1cc(NC(=O)CSCCCO)on1. The maximum absolute atomic E-state index is 11.3. The van der Waals surface area contributed by atoms with Crippen molar-refractivity contribution in [2.75, 3.05) is 23.4 Å². The van der Waals surface area contributed by atoms with E-state index in [0.717, 1.165) is 11.4 Å². The van der Waals surface area contributed by atoms with Crippen LogP contribution in [0.2, 0.25) is 0 Å². The molecule has 0 bridgehead atoms. The molecule has 0 spiro atoms. The fraction of sp³-hybridized carbons (Fsp3) is 0.556. The lowest BCUT2D eigenvalue weighted by Gasteiger charge is -2.00. The van der Waals surface area contributed by atoms with Gasteiger partial charge in [0.25, 0.3) is 0 Å². The van der Waals surface area contributed by atoms with Crippen molar-refractivity contribution in [3.63, 3.8) is 0 Å². The van der Waals surface area contributed by atoms with Crippen LogP contribution in [0.4, 0.5) is 5.88 Å². The molecular formula is C9H14N2O3S. The molecule has 1 heterocycles. The number of hydrogen-bond acceptors (Lipinski definition) is 5. The highest BCUT2D eigenvalue weighted by atomic mass is 32.2. The molecule has 1 aromatic rings. The summed E-state index contributed by atoms with van der Waals surface area (Å²) in [5.74, 6) is 1.40. The largest absolute Gasteiger partial charge is 0.396 e. The quantitative estimate of drug-likeness (QED) is 0.714. The summed E-state index contributed by atoms with van der Waals surface area (Å²) in [6.07, 6.45) is 0.708. The van der Waals surface area contributed by atoms with Crippen LogP contribution in [-0.2, 0) is 4.79 Å². The minimum atomic E-state index is -0.117. The van der Waals surface area contributed by atoms with E-state index in [1.165, 1.54) is 11.8 Å². The maximum atomic E-state index is 11.3. The molecule has 5 nitrogen and oxygen atoms in total. The number of rotatable bonds is 6. The van der Waals surface area contributed by atoms with Gasteiger partial charge in [0, 0.05) is 12.7 Å². The molecule has 0 saturated heterocycles. The normalized spacial score (nSPS) is 10.3. The smallest absolute Gasteiger partial charge is 0.236 e. The Kier molecular flexibility index (Phi) is 5.20. The number of carbonyl (C=O) groups is 1. The van der Waals surface area contributed by atoms with Crippen molar-refractivity contribution in [3.05, 3.63) is 11.8 Å². The van der Waals surface area contributed by atoms with E-state index in [1.807, 2.05) is 0 Å². The summed E-state index contributed by atoms with van der Waals surface area (Å²) < 4.78 is 4.83. The maximum Gasteiger partial charge on any atom is 0.236 e. The summed E-state index contributed by atoms with van der Waals surface area (Å²) in [6.45, 7) is 1.95. The van der Waals surface area contributed by atoms with Crippen LogP contribution in [0.15, 0.2) is 10.6 Å². The van der Waals surface area contributed by atoms with Crippen LogP contribution in [0.1, 0.15) is 12.1 Å². The van der Waals surface area contributed by atoms with Crippen molar-refractivity contribution in [2.24, 2.45) is 0 Å². The highest BCUT2D eigenvalue weighted by Crippen LogP contribution is 2.09. The number of aliphatic hydroxyl groups is 1. The van der Waals surface area contributed by atoms with Crippen molar-refractivity contribution in [3.8, 4) is 0 Å². The van der Waals surface area contributed by atoms with Gasteiger partial charge in [-0.2, -0.15) is 11.8 Å². The summed E-state index contributed by atoms with van der Waals surface area (Å²) >= 11 is 1.48. The second-order valence-corrected chi connectivity index (χ2v) is 4.12. The van der Waals surface area contributed by atoms with Gasteiger partial charge in [-0.3, -0.25) is 10.1 Å². The highest BCUT2D eigenvalue weighted by molar-refractivity contribution is 7.99. The molecule has 1 aromatic heterocycles. The van der Waals surface area contributed by atoms with Crippen molar-refractivity contribution in [1.29, 1.82) is 0 Å². The summed E-state index contributed by atoms with van der Waals surface area (Å²) in [5, 5.41) is 14.8. The molecular weight excluding hydrogens is 216 g/mol. The average molecular weight is 230 g/mol. The lowest BCUT2D eigenvalue weighted by atomic mass is 10.5. The molecule has 2 N–H and O–H groups in total. The number of thioether (sulfide) groups is 1. The number of aromatic nitrogens is 1. The van der Waals surface area contributed by atoms with Gasteiger partial charge in [-0.15, -0.1) is 0 Å². The molecule has 0 radical (unpaired) electrons. The predicted octanol–water partition coefficient (Wildman–Crippen LogP) is 1.04. The lowest BCUT2D eigenvalue weighted by molar-refractivity contribution is -0.113. The van der Waals surface area contributed by atoms with E-state index in [2.05, 4.69) is 10.5 Å². The van der Waals surface area contributed by atoms with E-state index in [1.54, 1.807) is 13.0 Å². The van der Waals surface area contributed by atoms with E-state index >= 15 is 0 Å². The minimum Gasteiger partial charge on any atom is -0.396 e. The molecule has 0 atom stereocenters. The third-order valence-electron chi connectivity index (χ3n) is 1.57. The van der Waals surface area contributed by atoms with Gasteiger partial charge in [0.05, 0.1) is 11.4 Å². The average Bonchev–Trinajstić information content (AvgIpc) is 2.59. The van der Waals surface area contributed by atoms with Crippen LogP contribution in [0.5, 0.6) is 0 Å². The van der Waals surface area contributed by atoms with E-state index in [4.69, 9.17) is 9.63 Å². The van der Waals surface area contributed by atoms with Gasteiger partial charge < -0.3 is 9.63 Å². The van der Waals surface area contributed by atoms with Crippen molar-refractivity contribution >= 4 is 23.6 Å². The highest BCUT2D eigenvalue weighted by Gasteiger charge is 2.05. The second-order valence-electron chi connectivity index (χ2n) is 3.01. The Morgan fingerprint density at radius 1 is 1.73 bits per heavy atom. The third kappa shape index (κ3) is 4.85. The Bertz CT molecular complexity index is 314. The zero-order valence-corrected chi connectivity index (χ0v) is 9.34. The van der Waals surface area contributed by atoms with E-state index in [-0.39, 0.29) is 12.5 Å². The molecule has 0 fully saturated rings. The van der Waals surface area contributed by atoms with Gasteiger partial charge in [-0.05, 0) is 19.1 Å². The van der Waals surface area contributed by atoms with E-state index < -0.39 is 0 Å². The Morgan fingerprint density at radius 3 is 3.13 bits per heavy atom. The first-order chi connectivity index (χ1) is 7.22. The van der Waals surface area contributed by atoms with Crippen molar-refractivity contribution in [1.82, 2.24) is 5.16 Å². The number of carbonyl (C=O) groups excluding carboxylic acids is 1. The minimum absolute atomic E-state index is 0.117. The molecule has 1 amide bonds. The fourth-order valence-electron chi connectivity index (χ4n) is 0.927. The first kappa shape index (κ1) is 12.1. The molecule has 6 heteroatoms. The standard InChI is InChI=1S/C9H14N2O3S/c1-7-5-9(14-11-7)10-8(13)6-15-4-2-3-12/h5,12H,2-4,6H2,1H3,(H,10,13). The summed E-state index contributed by atoms with van der Waals surface area (Å²) in [7, 11) is 0. The number of nitrogens with zero attached hydrogens (tertiary/aromatic N) is 1. The van der Waals surface area contributed by atoms with Gasteiger partial charge >= 0.3 is 0 Å². The van der Waals surface area contributed by atoms with Crippen molar-refractivity contribution in [2.45, 2.75) is 13.3 Å². The van der Waals surface area contributed by atoms with Crippen LogP contribution in [-0.4, -0.2) is 34.3 Å². The van der Waals surface area contributed by atoms with E-state index in [9.17, 15) is 4.79 Å². The molecule has 0 unspecified atom stereocenters. The zero-order chi connectivity index (χ0) is 11.1. The number of nitrogens with one attached hydrogen (secondary N) is 1. The number of anilines is 1. The predicted molar refractivity (Wildman–Crippen MR) is 58.9 cm³/mol. The summed E-state index contributed by atoms with van der Waals surface area (Å²) in [6, 6.07) is 1.66. The Balaban J connectivity index is 2.18. The number of aryl methyl sites for hydroxylation is 1.